The third kappa shape index (κ3) is 5.35. The molecule has 0 atom stereocenters. The summed E-state index contributed by atoms with van der Waals surface area (Å²) in [5.74, 6) is -0.363. The molecule has 0 saturated heterocycles. The second-order valence-corrected chi connectivity index (χ2v) is 6.08. The molecule has 0 aliphatic heterocycles. The van der Waals surface area contributed by atoms with Crippen LogP contribution in [0.2, 0.25) is 0 Å². The molecule has 0 unspecified atom stereocenters. The Morgan fingerprint density at radius 2 is 1.64 bits per heavy atom. The molecule has 0 N–H and O–H groups in total. The van der Waals surface area contributed by atoms with E-state index in [1.165, 1.54) is 33.5 Å². The van der Waals surface area contributed by atoms with Crippen molar-refractivity contribution >= 4 is 30.1 Å². The fourth-order valence-electron chi connectivity index (χ4n) is 2.33. The molecule has 0 aromatic heterocycles. The minimum absolute atomic E-state index is 0.173. The zero-order valence-electron chi connectivity index (χ0n) is 15.9. The van der Waals surface area contributed by atoms with Crippen molar-refractivity contribution in [3.8, 4) is 11.5 Å². The first-order chi connectivity index (χ1) is 13.5. The number of esters is 2. The van der Waals surface area contributed by atoms with E-state index in [1.54, 1.807) is 43.3 Å². The summed E-state index contributed by atoms with van der Waals surface area (Å²) in [5.41, 5.74) is 0.856. The first-order valence-electron chi connectivity index (χ1n) is 8.16. The van der Waals surface area contributed by atoms with E-state index < -0.39 is 11.9 Å². The van der Waals surface area contributed by atoms with Gasteiger partial charge in [0.2, 0.25) is 0 Å². The molecule has 0 aliphatic rings. The minimum atomic E-state index is -0.592. The van der Waals surface area contributed by atoms with Gasteiger partial charge in [-0.15, -0.1) is 0 Å². The first-order valence-corrected chi connectivity index (χ1v) is 8.90. The minimum Gasteiger partial charge on any atom is -0.465 e. The van der Waals surface area contributed by atoms with Gasteiger partial charge in [-0.1, -0.05) is 12.2 Å². The number of carbonyl (C=O) groups is 2. The van der Waals surface area contributed by atoms with Crippen LogP contribution in [0, 0.1) is 0 Å². The van der Waals surface area contributed by atoms with E-state index in [0.29, 0.717) is 17.1 Å². The molecular weight excluding hydrogens is 384 g/mol. The van der Waals surface area contributed by atoms with Crippen molar-refractivity contribution in [1.82, 2.24) is 0 Å². The number of allylic oxidation sites excluding steroid dienone is 1. The predicted octanol–water partition coefficient (Wildman–Crippen LogP) is 4.67. The number of benzene rings is 2. The second kappa shape index (κ2) is 10.5. The van der Waals surface area contributed by atoms with Crippen LogP contribution in [0.3, 0.4) is 0 Å². The van der Waals surface area contributed by atoms with Crippen LogP contribution in [-0.4, -0.2) is 33.3 Å². The van der Waals surface area contributed by atoms with Crippen LogP contribution in [0.25, 0.3) is 6.08 Å². The highest BCUT2D eigenvalue weighted by Gasteiger charge is 2.20. The summed E-state index contributed by atoms with van der Waals surface area (Å²) in [4.78, 5) is 29.6. The third-order valence-corrected chi connectivity index (χ3v) is 4.22. The molecule has 0 radical (unpaired) electrons. The van der Waals surface area contributed by atoms with Crippen molar-refractivity contribution < 1.29 is 33.0 Å². The smallest absolute Gasteiger partial charge is 0.338 e. The third-order valence-electron chi connectivity index (χ3n) is 3.55. The second-order valence-electron chi connectivity index (χ2n) is 5.31. The lowest BCUT2D eigenvalue weighted by Gasteiger charge is -2.14. The quantitative estimate of drug-likeness (QED) is 0.272. The van der Waals surface area contributed by atoms with E-state index in [4.69, 9.17) is 18.5 Å². The Morgan fingerprint density at radius 3 is 2.21 bits per heavy atom. The SMILES string of the molecule is C/C=C/c1c(Oc2ccc(SOOC)cc2)cc(C(=O)OC)cc1C(=O)OC. The molecule has 0 bridgehead atoms. The van der Waals surface area contributed by atoms with Gasteiger partial charge in [0.25, 0.3) is 0 Å². The Bertz CT molecular complexity index is 860. The number of methoxy groups -OCH3 is 2. The van der Waals surface area contributed by atoms with Crippen LogP contribution in [0.5, 0.6) is 11.5 Å². The van der Waals surface area contributed by atoms with Crippen LogP contribution in [0.15, 0.2) is 47.4 Å². The average molecular weight is 404 g/mol. The molecule has 0 fully saturated rings. The van der Waals surface area contributed by atoms with Crippen LogP contribution < -0.4 is 4.74 Å². The Labute approximate surface area is 167 Å². The van der Waals surface area contributed by atoms with Crippen molar-refractivity contribution in [2.24, 2.45) is 0 Å². The molecular formula is C20H20O7S. The first kappa shape index (κ1) is 21.5. The van der Waals surface area contributed by atoms with Crippen molar-refractivity contribution in [1.29, 1.82) is 0 Å². The lowest BCUT2D eigenvalue weighted by molar-refractivity contribution is -0.160. The van der Waals surface area contributed by atoms with E-state index >= 15 is 0 Å². The summed E-state index contributed by atoms with van der Waals surface area (Å²) >= 11 is 1.05. The summed E-state index contributed by atoms with van der Waals surface area (Å²) in [6, 6.07) is 9.94. The van der Waals surface area contributed by atoms with Crippen molar-refractivity contribution in [3.05, 3.63) is 59.2 Å². The Hall–Kier alpha value is -2.81. The fraction of sp³-hybridized carbons (Fsp3) is 0.200. The van der Waals surface area contributed by atoms with Gasteiger partial charge in [-0.2, -0.15) is 4.33 Å². The molecule has 2 aromatic rings. The number of ether oxygens (including phenoxy) is 3. The molecule has 2 rings (SSSR count). The molecule has 0 spiro atoms. The van der Waals surface area contributed by atoms with Crippen molar-refractivity contribution in [2.75, 3.05) is 21.3 Å². The predicted molar refractivity (Wildman–Crippen MR) is 104 cm³/mol. The maximum absolute atomic E-state index is 12.2. The van der Waals surface area contributed by atoms with Gasteiger partial charge in [0.15, 0.2) is 0 Å². The standard InChI is InChI=1S/C20H20O7S/c1-5-6-16-17(20(22)24-3)11-13(19(21)23-2)12-18(16)26-14-7-9-15(10-8-14)28-27-25-4/h5-12H,1-4H3/b6-5+. The maximum atomic E-state index is 12.2. The van der Waals surface area contributed by atoms with Gasteiger partial charge in [-0.3, -0.25) is 0 Å². The Morgan fingerprint density at radius 1 is 0.964 bits per heavy atom. The maximum Gasteiger partial charge on any atom is 0.338 e. The van der Waals surface area contributed by atoms with Crippen LogP contribution >= 0.6 is 12.0 Å². The van der Waals surface area contributed by atoms with Gasteiger partial charge in [0, 0.05) is 10.5 Å². The number of rotatable bonds is 8. The zero-order chi connectivity index (χ0) is 20.5. The monoisotopic (exact) mass is 404 g/mol. The Balaban J connectivity index is 2.47. The number of hydrogen-bond donors (Lipinski definition) is 0. The summed E-state index contributed by atoms with van der Waals surface area (Å²) in [6.45, 7) is 1.81. The molecule has 0 saturated carbocycles. The van der Waals surface area contributed by atoms with Crippen LogP contribution in [0.1, 0.15) is 33.2 Å². The van der Waals surface area contributed by atoms with E-state index in [1.807, 2.05) is 0 Å². The molecule has 0 aliphatic carbocycles. The summed E-state index contributed by atoms with van der Waals surface area (Å²) in [6.07, 6.45) is 3.47. The topological polar surface area (TPSA) is 80.3 Å². The van der Waals surface area contributed by atoms with Crippen molar-refractivity contribution in [2.45, 2.75) is 11.8 Å². The highest BCUT2D eigenvalue weighted by molar-refractivity contribution is 7.94. The lowest BCUT2D eigenvalue weighted by Crippen LogP contribution is -2.09. The van der Waals surface area contributed by atoms with E-state index in [-0.39, 0.29) is 11.1 Å². The number of carbonyl (C=O) groups excluding carboxylic acids is 2. The highest BCUT2D eigenvalue weighted by Crippen LogP contribution is 2.32. The largest absolute Gasteiger partial charge is 0.465 e. The summed E-state index contributed by atoms with van der Waals surface area (Å²) in [5, 5.41) is 0. The highest BCUT2D eigenvalue weighted by atomic mass is 32.2. The number of hydrogen-bond acceptors (Lipinski definition) is 8. The van der Waals surface area contributed by atoms with Gasteiger partial charge >= 0.3 is 11.9 Å². The summed E-state index contributed by atoms with van der Waals surface area (Å²) in [7, 11) is 3.95. The van der Waals surface area contributed by atoms with Crippen molar-refractivity contribution in [3.63, 3.8) is 0 Å². The van der Waals surface area contributed by atoms with Crippen LogP contribution in [-0.2, 0) is 18.7 Å². The van der Waals surface area contributed by atoms with Gasteiger partial charge in [0.05, 0.1) is 44.5 Å². The molecule has 7 nitrogen and oxygen atoms in total. The fourth-order valence-corrected chi connectivity index (χ4v) is 2.72. The van der Waals surface area contributed by atoms with E-state index in [9.17, 15) is 9.59 Å². The molecule has 2 aromatic carbocycles. The van der Waals surface area contributed by atoms with Crippen LogP contribution in [0.4, 0.5) is 0 Å². The lowest BCUT2D eigenvalue weighted by atomic mass is 10.0. The van der Waals surface area contributed by atoms with E-state index in [0.717, 1.165) is 16.9 Å². The molecule has 8 heteroatoms. The van der Waals surface area contributed by atoms with Gasteiger partial charge in [0.1, 0.15) is 11.5 Å². The molecule has 148 valence electrons. The average Bonchev–Trinajstić information content (AvgIpc) is 2.73. The van der Waals surface area contributed by atoms with Gasteiger partial charge in [-0.05, 0) is 43.3 Å². The summed E-state index contributed by atoms with van der Waals surface area (Å²) < 4.78 is 20.4. The van der Waals surface area contributed by atoms with E-state index in [2.05, 4.69) is 4.89 Å². The van der Waals surface area contributed by atoms with Gasteiger partial charge < -0.3 is 14.2 Å². The molecule has 0 amide bonds. The zero-order valence-corrected chi connectivity index (χ0v) is 16.7. The normalized spacial score (nSPS) is 10.7. The molecule has 0 heterocycles. The van der Waals surface area contributed by atoms with Gasteiger partial charge in [-0.25, -0.2) is 14.5 Å². The Kier molecular flexibility index (Phi) is 8.06. The molecule has 28 heavy (non-hydrogen) atoms.